The van der Waals surface area contributed by atoms with Crippen molar-refractivity contribution in [1.82, 2.24) is 20.3 Å². The van der Waals surface area contributed by atoms with Gasteiger partial charge in [0.2, 0.25) is 5.95 Å². The minimum atomic E-state index is -0.113. The van der Waals surface area contributed by atoms with Crippen LogP contribution in [0.2, 0.25) is 0 Å². The fourth-order valence-corrected chi connectivity index (χ4v) is 4.11. The van der Waals surface area contributed by atoms with E-state index in [2.05, 4.69) is 28.2 Å². The van der Waals surface area contributed by atoms with Crippen LogP contribution in [0.5, 0.6) is 0 Å². The van der Waals surface area contributed by atoms with Gasteiger partial charge in [0, 0.05) is 37.8 Å². The summed E-state index contributed by atoms with van der Waals surface area (Å²) in [5, 5.41) is 8.11. The zero-order valence-electron chi connectivity index (χ0n) is 17.2. The highest BCUT2D eigenvalue weighted by Crippen LogP contribution is 2.26. The minimum Gasteiger partial charge on any atom is -0.362 e. The van der Waals surface area contributed by atoms with Crippen LogP contribution >= 0.6 is 12.6 Å². The SMILES string of the molecule is CN(C)c1nc(N[C@H]2CC[C@@H](NC(=O)c3cccnc3S)CC2)nc2ccccc12. The Bertz CT molecular complexity index is 1050. The van der Waals surface area contributed by atoms with E-state index in [1.54, 1.807) is 18.3 Å². The van der Waals surface area contributed by atoms with E-state index < -0.39 is 0 Å². The van der Waals surface area contributed by atoms with Gasteiger partial charge in [-0.05, 0) is 49.9 Å². The molecule has 7 nitrogen and oxygen atoms in total. The number of carbonyl (C=O) groups is 1. The van der Waals surface area contributed by atoms with Gasteiger partial charge in [-0.2, -0.15) is 4.98 Å². The number of aromatic nitrogens is 3. The quantitative estimate of drug-likeness (QED) is 0.546. The summed E-state index contributed by atoms with van der Waals surface area (Å²) in [7, 11) is 3.98. The van der Waals surface area contributed by atoms with Crippen molar-refractivity contribution in [3.8, 4) is 0 Å². The number of hydrogen-bond donors (Lipinski definition) is 3. The summed E-state index contributed by atoms with van der Waals surface area (Å²) in [6.07, 6.45) is 5.32. The predicted molar refractivity (Wildman–Crippen MR) is 122 cm³/mol. The Balaban J connectivity index is 1.38. The van der Waals surface area contributed by atoms with Gasteiger partial charge in [-0.1, -0.05) is 12.1 Å². The first-order valence-corrected chi connectivity index (χ1v) is 10.6. The van der Waals surface area contributed by atoms with Crippen LogP contribution in [0, 0.1) is 0 Å². The lowest BCUT2D eigenvalue weighted by molar-refractivity contribution is 0.0923. The van der Waals surface area contributed by atoms with Gasteiger partial charge in [0.05, 0.1) is 11.1 Å². The molecule has 0 atom stereocenters. The van der Waals surface area contributed by atoms with Crippen molar-refractivity contribution in [3.05, 3.63) is 48.2 Å². The maximum Gasteiger partial charge on any atom is 0.254 e. The Labute approximate surface area is 181 Å². The van der Waals surface area contributed by atoms with Crippen molar-refractivity contribution in [2.75, 3.05) is 24.3 Å². The van der Waals surface area contributed by atoms with Crippen molar-refractivity contribution in [2.45, 2.75) is 42.8 Å². The average Bonchev–Trinajstić information content (AvgIpc) is 2.74. The number of rotatable bonds is 5. The van der Waals surface area contributed by atoms with Crippen LogP contribution in [0.15, 0.2) is 47.6 Å². The zero-order valence-corrected chi connectivity index (χ0v) is 18.1. The summed E-state index contributed by atoms with van der Waals surface area (Å²) in [5.74, 6) is 1.45. The molecule has 2 heterocycles. The van der Waals surface area contributed by atoms with Crippen molar-refractivity contribution in [2.24, 2.45) is 0 Å². The molecule has 156 valence electrons. The topological polar surface area (TPSA) is 83.0 Å². The first-order chi connectivity index (χ1) is 14.5. The number of hydrogen-bond acceptors (Lipinski definition) is 7. The number of nitrogens with one attached hydrogen (secondary N) is 2. The second kappa shape index (κ2) is 8.87. The number of nitrogens with zero attached hydrogens (tertiary/aromatic N) is 4. The second-order valence-electron chi connectivity index (χ2n) is 7.82. The fourth-order valence-electron chi connectivity index (χ4n) is 3.87. The van der Waals surface area contributed by atoms with Gasteiger partial charge in [-0.25, -0.2) is 9.97 Å². The summed E-state index contributed by atoms with van der Waals surface area (Å²) in [4.78, 5) is 28.0. The molecule has 2 N–H and O–H groups in total. The molecule has 4 rings (SSSR count). The molecule has 1 aliphatic rings. The van der Waals surface area contributed by atoms with E-state index in [4.69, 9.17) is 9.97 Å². The first kappa shape index (κ1) is 20.4. The third kappa shape index (κ3) is 4.48. The molecule has 1 aromatic carbocycles. The fraction of sp³-hybridized carbons (Fsp3) is 0.364. The van der Waals surface area contributed by atoms with Crippen LogP contribution in [0.1, 0.15) is 36.0 Å². The number of fused-ring (bicyclic) bond motifs is 1. The van der Waals surface area contributed by atoms with E-state index in [0.29, 0.717) is 16.5 Å². The Hall–Kier alpha value is -2.87. The molecule has 2 aromatic heterocycles. The normalized spacial score (nSPS) is 18.8. The number of carbonyl (C=O) groups excluding carboxylic acids is 1. The highest BCUT2D eigenvalue weighted by Gasteiger charge is 2.24. The highest BCUT2D eigenvalue weighted by atomic mass is 32.1. The molecule has 8 heteroatoms. The third-order valence-corrected chi connectivity index (χ3v) is 5.79. The van der Waals surface area contributed by atoms with Gasteiger partial charge < -0.3 is 15.5 Å². The number of benzene rings is 1. The Kier molecular flexibility index (Phi) is 6.03. The van der Waals surface area contributed by atoms with Gasteiger partial charge in [-0.3, -0.25) is 4.79 Å². The summed E-state index contributed by atoms with van der Waals surface area (Å²) < 4.78 is 0. The van der Waals surface area contributed by atoms with Crippen LogP contribution in [0.4, 0.5) is 11.8 Å². The number of pyridine rings is 1. The third-order valence-electron chi connectivity index (χ3n) is 5.43. The van der Waals surface area contributed by atoms with E-state index in [1.807, 2.05) is 43.3 Å². The molecule has 0 spiro atoms. The van der Waals surface area contributed by atoms with Gasteiger partial charge in [0.15, 0.2) is 0 Å². The van der Waals surface area contributed by atoms with Crippen molar-refractivity contribution in [3.63, 3.8) is 0 Å². The van der Waals surface area contributed by atoms with Crippen LogP contribution in [0.3, 0.4) is 0 Å². The molecule has 0 unspecified atom stereocenters. The van der Waals surface area contributed by atoms with E-state index >= 15 is 0 Å². The predicted octanol–water partition coefficient (Wildman–Crippen LogP) is 3.53. The van der Waals surface area contributed by atoms with Crippen molar-refractivity contribution in [1.29, 1.82) is 0 Å². The van der Waals surface area contributed by atoms with Gasteiger partial charge >= 0.3 is 0 Å². The van der Waals surface area contributed by atoms with Crippen molar-refractivity contribution < 1.29 is 4.79 Å². The summed E-state index contributed by atoms with van der Waals surface area (Å²) >= 11 is 4.27. The Morgan fingerprint density at radius 3 is 2.50 bits per heavy atom. The average molecular weight is 423 g/mol. The van der Waals surface area contributed by atoms with Crippen molar-refractivity contribution >= 4 is 41.2 Å². The molecule has 3 aromatic rings. The Morgan fingerprint density at radius 2 is 1.77 bits per heavy atom. The smallest absolute Gasteiger partial charge is 0.254 e. The first-order valence-electron chi connectivity index (χ1n) is 10.2. The van der Waals surface area contributed by atoms with Crippen LogP contribution in [-0.4, -0.2) is 47.0 Å². The molecule has 1 aliphatic carbocycles. The monoisotopic (exact) mass is 422 g/mol. The summed E-state index contributed by atoms with van der Waals surface area (Å²) in [6, 6.07) is 12.0. The highest BCUT2D eigenvalue weighted by molar-refractivity contribution is 7.80. The molecular weight excluding hydrogens is 396 g/mol. The standard InChI is InChI=1S/C22H26N6OS/c1-28(2)19-16-6-3-4-8-18(16)26-22(27-19)25-15-11-9-14(10-12-15)24-20(29)17-7-5-13-23-21(17)30/h3-8,13-15H,9-12H2,1-2H3,(H,23,30)(H,24,29)(H,25,26,27)/t14-,15+. The van der Waals surface area contributed by atoms with E-state index in [0.717, 1.165) is 42.4 Å². The Morgan fingerprint density at radius 1 is 1.03 bits per heavy atom. The molecule has 0 radical (unpaired) electrons. The maximum atomic E-state index is 12.5. The van der Waals surface area contributed by atoms with Gasteiger partial charge in [0.25, 0.3) is 5.91 Å². The van der Waals surface area contributed by atoms with Crippen LogP contribution in [0.25, 0.3) is 10.9 Å². The lowest BCUT2D eigenvalue weighted by Crippen LogP contribution is -2.40. The summed E-state index contributed by atoms with van der Waals surface area (Å²) in [5.41, 5.74) is 1.44. The van der Waals surface area contributed by atoms with E-state index in [-0.39, 0.29) is 18.0 Å². The lowest BCUT2D eigenvalue weighted by Gasteiger charge is -2.30. The largest absolute Gasteiger partial charge is 0.362 e. The van der Waals surface area contributed by atoms with Gasteiger partial charge in [0.1, 0.15) is 10.8 Å². The lowest BCUT2D eigenvalue weighted by atomic mass is 9.91. The molecular formula is C22H26N6OS. The number of amides is 1. The molecule has 1 amide bonds. The number of anilines is 2. The molecule has 0 aliphatic heterocycles. The van der Waals surface area contributed by atoms with E-state index in [9.17, 15) is 4.79 Å². The van der Waals surface area contributed by atoms with E-state index in [1.165, 1.54) is 0 Å². The van der Waals surface area contributed by atoms with Crippen LogP contribution in [-0.2, 0) is 0 Å². The van der Waals surface area contributed by atoms with Crippen LogP contribution < -0.4 is 15.5 Å². The summed E-state index contributed by atoms with van der Waals surface area (Å²) in [6.45, 7) is 0. The minimum absolute atomic E-state index is 0.113. The molecule has 30 heavy (non-hydrogen) atoms. The van der Waals surface area contributed by atoms with Gasteiger partial charge in [-0.15, -0.1) is 12.6 Å². The second-order valence-corrected chi connectivity index (χ2v) is 8.25. The molecule has 1 saturated carbocycles. The number of thiol groups is 1. The maximum absolute atomic E-state index is 12.5. The zero-order chi connectivity index (χ0) is 21.1. The molecule has 1 fully saturated rings. The molecule has 0 saturated heterocycles. The molecule has 0 bridgehead atoms. The number of para-hydroxylation sites is 1.